The van der Waals surface area contributed by atoms with Gasteiger partial charge in [0, 0.05) is 29.1 Å². The number of H-pyrrole nitrogens is 1. The predicted octanol–water partition coefficient (Wildman–Crippen LogP) is 4.88. The summed E-state index contributed by atoms with van der Waals surface area (Å²) in [6.07, 6.45) is 4.68. The Kier molecular flexibility index (Phi) is 6.70. The zero-order valence-electron chi connectivity index (χ0n) is 17.9. The Bertz CT molecular complexity index is 968. The summed E-state index contributed by atoms with van der Waals surface area (Å²) in [7, 11) is 0. The largest absolute Gasteiger partial charge is 0.611 e. The molecular weight excluding hydrogens is 380 g/mol. The van der Waals surface area contributed by atoms with Crippen molar-refractivity contribution >= 4 is 23.2 Å². The number of amides is 1. The molecule has 2 aromatic rings. The molecule has 1 amide bonds. The number of carbonyl (C=O) groups is 1. The maximum atomic E-state index is 12.6. The first-order valence-electron chi connectivity index (χ1n) is 10.2. The molecule has 0 aliphatic carbocycles. The van der Waals surface area contributed by atoms with E-state index >= 15 is 0 Å². The molecule has 3 rings (SSSR count). The van der Waals surface area contributed by atoms with Gasteiger partial charge in [-0.15, -0.1) is 0 Å². The molecule has 5 heteroatoms. The van der Waals surface area contributed by atoms with Crippen molar-refractivity contribution in [1.82, 2.24) is 10.3 Å². The van der Waals surface area contributed by atoms with Crippen LogP contribution in [0.2, 0.25) is 0 Å². The SMILES string of the molecule is CCCc1c(C)[nH]c(/C=C2\NC(=O)C(CC[S+]([O-])c3ccc(C)cc3)=C2C)c1C. The minimum Gasteiger partial charge on any atom is -0.611 e. The molecular formula is C24H30N2O2S. The second-order valence-corrected chi connectivity index (χ2v) is 9.32. The topological polar surface area (TPSA) is 68.0 Å². The van der Waals surface area contributed by atoms with Crippen LogP contribution in [0.3, 0.4) is 0 Å². The zero-order chi connectivity index (χ0) is 21.1. The summed E-state index contributed by atoms with van der Waals surface area (Å²) in [5.41, 5.74) is 8.49. The van der Waals surface area contributed by atoms with Gasteiger partial charge in [-0.3, -0.25) is 4.79 Å². The van der Waals surface area contributed by atoms with Crippen LogP contribution in [-0.4, -0.2) is 21.2 Å². The number of aryl methyl sites for hydroxylation is 2. The molecule has 4 nitrogen and oxygen atoms in total. The molecule has 29 heavy (non-hydrogen) atoms. The van der Waals surface area contributed by atoms with E-state index in [2.05, 4.69) is 31.1 Å². The van der Waals surface area contributed by atoms with Crippen molar-refractivity contribution in [1.29, 1.82) is 0 Å². The molecule has 1 aliphatic heterocycles. The summed E-state index contributed by atoms with van der Waals surface area (Å²) < 4.78 is 12.6. The molecule has 1 aromatic carbocycles. The first-order valence-corrected chi connectivity index (χ1v) is 11.5. The molecule has 0 saturated heterocycles. The van der Waals surface area contributed by atoms with E-state index in [0.717, 1.165) is 45.8 Å². The predicted molar refractivity (Wildman–Crippen MR) is 120 cm³/mol. The summed E-state index contributed by atoms with van der Waals surface area (Å²) in [6, 6.07) is 7.73. The summed E-state index contributed by atoms with van der Waals surface area (Å²) in [4.78, 5) is 16.8. The van der Waals surface area contributed by atoms with Gasteiger partial charge in [0.1, 0.15) is 5.75 Å². The average Bonchev–Trinajstić information content (AvgIpc) is 3.10. The normalized spacial score (nSPS) is 16.6. The van der Waals surface area contributed by atoms with E-state index in [0.29, 0.717) is 12.2 Å². The quantitative estimate of drug-likeness (QED) is 0.639. The Morgan fingerprint density at radius 1 is 1.07 bits per heavy atom. The van der Waals surface area contributed by atoms with Crippen molar-refractivity contribution < 1.29 is 9.35 Å². The highest BCUT2D eigenvalue weighted by molar-refractivity contribution is 7.91. The van der Waals surface area contributed by atoms with Crippen LogP contribution in [0.4, 0.5) is 0 Å². The Hall–Kier alpha value is -2.24. The summed E-state index contributed by atoms with van der Waals surface area (Å²) in [5, 5.41) is 2.99. The van der Waals surface area contributed by atoms with Gasteiger partial charge < -0.3 is 14.9 Å². The van der Waals surface area contributed by atoms with Crippen LogP contribution in [0.15, 0.2) is 46.0 Å². The number of allylic oxidation sites excluding steroid dienone is 1. The fourth-order valence-corrected chi connectivity index (χ4v) is 4.87. The molecule has 1 aromatic heterocycles. The third-order valence-electron chi connectivity index (χ3n) is 5.62. The summed E-state index contributed by atoms with van der Waals surface area (Å²) in [5.74, 6) is 0.363. The fraction of sp³-hybridized carbons (Fsp3) is 0.375. The van der Waals surface area contributed by atoms with Crippen LogP contribution < -0.4 is 5.32 Å². The monoisotopic (exact) mass is 410 g/mol. The highest BCUT2D eigenvalue weighted by atomic mass is 32.2. The zero-order valence-corrected chi connectivity index (χ0v) is 18.8. The van der Waals surface area contributed by atoms with Crippen molar-refractivity contribution in [2.45, 2.75) is 58.8 Å². The van der Waals surface area contributed by atoms with Gasteiger partial charge in [0.05, 0.1) is 0 Å². The summed E-state index contributed by atoms with van der Waals surface area (Å²) >= 11 is -1.11. The molecule has 0 bridgehead atoms. The van der Waals surface area contributed by atoms with Gasteiger partial charge in [0.25, 0.3) is 5.91 Å². The van der Waals surface area contributed by atoms with E-state index in [9.17, 15) is 9.35 Å². The number of carbonyl (C=O) groups excluding carboxylic acids is 1. The fourth-order valence-electron chi connectivity index (χ4n) is 3.80. The third kappa shape index (κ3) is 4.68. The van der Waals surface area contributed by atoms with Gasteiger partial charge in [-0.1, -0.05) is 31.0 Å². The van der Waals surface area contributed by atoms with Gasteiger partial charge >= 0.3 is 0 Å². The molecule has 0 radical (unpaired) electrons. The van der Waals surface area contributed by atoms with Gasteiger partial charge in [0.2, 0.25) is 0 Å². The first-order chi connectivity index (χ1) is 13.8. The van der Waals surface area contributed by atoms with E-state index < -0.39 is 11.2 Å². The number of nitrogens with one attached hydrogen (secondary N) is 2. The molecule has 154 valence electrons. The van der Waals surface area contributed by atoms with Crippen molar-refractivity contribution in [3.05, 3.63) is 69.2 Å². The van der Waals surface area contributed by atoms with Gasteiger partial charge in [-0.2, -0.15) is 0 Å². The average molecular weight is 411 g/mol. The highest BCUT2D eigenvalue weighted by Crippen LogP contribution is 2.28. The number of aromatic amines is 1. The lowest BCUT2D eigenvalue weighted by Crippen LogP contribution is -2.18. The lowest BCUT2D eigenvalue weighted by molar-refractivity contribution is -0.116. The highest BCUT2D eigenvalue weighted by Gasteiger charge is 2.26. The van der Waals surface area contributed by atoms with Crippen molar-refractivity contribution in [2.75, 3.05) is 5.75 Å². The molecule has 1 aliphatic rings. The van der Waals surface area contributed by atoms with Gasteiger partial charge in [-0.25, -0.2) is 0 Å². The molecule has 0 saturated carbocycles. The molecule has 1 atom stereocenters. The second kappa shape index (κ2) is 9.06. The third-order valence-corrected chi connectivity index (χ3v) is 6.99. The molecule has 0 spiro atoms. The number of hydrogen-bond donors (Lipinski definition) is 2. The van der Waals surface area contributed by atoms with E-state index in [1.807, 2.05) is 44.2 Å². The number of aromatic nitrogens is 1. The van der Waals surface area contributed by atoms with Crippen LogP contribution in [0, 0.1) is 20.8 Å². The number of hydrogen-bond acceptors (Lipinski definition) is 2. The summed E-state index contributed by atoms with van der Waals surface area (Å²) in [6.45, 7) is 10.4. The van der Waals surface area contributed by atoms with Gasteiger partial charge in [-0.05, 0) is 80.2 Å². The van der Waals surface area contributed by atoms with Crippen molar-refractivity contribution in [3.63, 3.8) is 0 Å². The Labute approximate surface area is 176 Å². The van der Waals surface area contributed by atoms with E-state index in [-0.39, 0.29) is 5.91 Å². The molecule has 0 fully saturated rings. The van der Waals surface area contributed by atoms with E-state index in [1.54, 1.807) is 0 Å². The minimum absolute atomic E-state index is 0.0793. The number of benzene rings is 1. The van der Waals surface area contributed by atoms with Crippen molar-refractivity contribution in [3.8, 4) is 0 Å². The van der Waals surface area contributed by atoms with Crippen molar-refractivity contribution in [2.24, 2.45) is 0 Å². The number of rotatable bonds is 7. The van der Waals surface area contributed by atoms with Crippen LogP contribution >= 0.6 is 0 Å². The Morgan fingerprint density at radius 3 is 2.41 bits per heavy atom. The molecule has 1 unspecified atom stereocenters. The van der Waals surface area contributed by atoms with Crippen LogP contribution in [0.1, 0.15) is 54.8 Å². The maximum absolute atomic E-state index is 12.6. The lowest BCUT2D eigenvalue weighted by atomic mass is 10.0. The minimum atomic E-state index is -1.11. The molecule has 2 heterocycles. The van der Waals surface area contributed by atoms with E-state index in [4.69, 9.17) is 0 Å². The molecule has 2 N–H and O–H groups in total. The smallest absolute Gasteiger partial charge is 0.252 e. The van der Waals surface area contributed by atoms with Crippen LogP contribution in [-0.2, 0) is 22.4 Å². The van der Waals surface area contributed by atoms with Gasteiger partial charge in [0.15, 0.2) is 4.90 Å². The second-order valence-electron chi connectivity index (χ2n) is 7.75. The first kappa shape index (κ1) is 21.5. The lowest BCUT2D eigenvalue weighted by Gasteiger charge is -2.10. The standard InChI is InChI=1S/C24H30N2O2S/c1-6-7-20-16(3)22(25-18(20)5)14-23-17(4)21(24(27)26-23)12-13-29(28)19-10-8-15(2)9-11-19/h8-11,14,25H,6-7,12-13H2,1-5H3,(H,26,27)/b23-14-. The van der Waals surface area contributed by atoms with E-state index in [1.165, 1.54) is 16.8 Å². The maximum Gasteiger partial charge on any atom is 0.252 e. The Balaban J connectivity index is 1.77. The van der Waals surface area contributed by atoms with Crippen LogP contribution in [0.25, 0.3) is 6.08 Å². The van der Waals surface area contributed by atoms with Crippen LogP contribution in [0.5, 0.6) is 0 Å². The Morgan fingerprint density at radius 2 is 1.76 bits per heavy atom.